The molecule has 0 saturated carbocycles. The van der Waals surface area contributed by atoms with Gasteiger partial charge in [0.15, 0.2) is 6.61 Å². The van der Waals surface area contributed by atoms with Gasteiger partial charge in [0.05, 0.1) is 12.2 Å². The molecule has 0 bridgehead atoms. The lowest BCUT2D eigenvalue weighted by atomic mass is 10.1. The van der Waals surface area contributed by atoms with Gasteiger partial charge in [0.25, 0.3) is 5.91 Å². The molecule has 3 rings (SSSR count). The van der Waals surface area contributed by atoms with Crippen molar-refractivity contribution in [2.75, 3.05) is 19.7 Å². The number of hydrogen-bond acceptors (Lipinski definition) is 3. The zero-order chi connectivity index (χ0) is 16.9. The third-order valence-electron chi connectivity index (χ3n) is 4.10. The van der Waals surface area contributed by atoms with Crippen molar-refractivity contribution in [2.45, 2.75) is 26.1 Å². The van der Waals surface area contributed by atoms with E-state index in [1.54, 1.807) is 0 Å². The molecule has 0 aliphatic carbocycles. The Balaban J connectivity index is 1.56. The van der Waals surface area contributed by atoms with Crippen molar-refractivity contribution in [3.05, 3.63) is 54.6 Å². The summed E-state index contributed by atoms with van der Waals surface area (Å²) in [5.41, 5.74) is 2.29. The molecule has 0 radical (unpaired) electrons. The Labute approximate surface area is 143 Å². The third kappa shape index (κ3) is 4.15. The Morgan fingerprint density at radius 1 is 1.00 bits per heavy atom. The van der Waals surface area contributed by atoms with Crippen molar-refractivity contribution >= 4 is 5.91 Å². The smallest absolute Gasteiger partial charge is 0.260 e. The summed E-state index contributed by atoms with van der Waals surface area (Å²) in [4.78, 5) is 14.1. The lowest BCUT2D eigenvalue weighted by Gasteiger charge is -2.35. The van der Waals surface area contributed by atoms with Gasteiger partial charge < -0.3 is 14.4 Å². The highest BCUT2D eigenvalue weighted by atomic mass is 16.5. The van der Waals surface area contributed by atoms with Gasteiger partial charge in [0, 0.05) is 13.1 Å². The molecule has 2 aromatic carbocycles. The van der Waals surface area contributed by atoms with Crippen LogP contribution in [-0.4, -0.2) is 42.7 Å². The minimum Gasteiger partial charge on any atom is -0.484 e. The van der Waals surface area contributed by atoms with Crippen LogP contribution in [0, 0.1) is 0 Å². The largest absolute Gasteiger partial charge is 0.484 e. The van der Waals surface area contributed by atoms with Crippen molar-refractivity contribution in [3.8, 4) is 16.9 Å². The van der Waals surface area contributed by atoms with E-state index in [0.29, 0.717) is 18.8 Å². The molecule has 24 heavy (non-hydrogen) atoms. The van der Waals surface area contributed by atoms with E-state index in [-0.39, 0.29) is 24.7 Å². The number of carbonyl (C=O) groups excluding carboxylic acids is 1. The average molecular weight is 325 g/mol. The second-order valence-corrected chi connectivity index (χ2v) is 6.24. The van der Waals surface area contributed by atoms with Gasteiger partial charge in [0.2, 0.25) is 0 Å². The minimum atomic E-state index is 0.00383. The van der Waals surface area contributed by atoms with Crippen LogP contribution in [0.3, 0.4) is 0 Å². The van der Waals surface area contributed by atoms with Gasteiger partial charge in [-0.25, -0.2) is 0 Å². The number of ether oxygens (including phenoxy) is 2. The van der Waals surface area contributed by atoms with Crippen LogP contribution in [0.5, 0.6) is 5.75 Å². The summed E-state index contributed by atoms with van der Waals surface area (Å²) in [6.45, 7) is 5.28. The maximum atomic E-state index is 12.3. The minimum absolute atomic E-state index is 0.00383. The van der Waals surface area contributed by atoms with Crippen molar-refractivity contribution in [1.82, 2.24) is 4.90 Å². The predicted molar refractivity (Wildman–Crippen MR) is 94.0 cm³/mol. The third-order valence-corrected chi connectivity index (χ3v) is 4.10. The highest BCUT2D eigenvalue weighted by molar-refractivity contribution is 5.78. The molecular formula is C20H23NO3. The summed E-state index contributed by atoms with van der Waals surface area (Å²) < 4.78 is 11.3. The first-order valence-electron chi connectivity index (χ1n) is 8.33. The van der Waals surface area contributed by atoms with Gasteiger partial charge in [-0.3, -0.25) is 4.79 Å². The fourth-order valence-corrected chi connectivity index (χ4v) is 2.99. The van der Waals surface area contributed by atoms with Gasteiger partial charge in [0.1, 0.15) is 5.75 Å². The van der Waals surface area contributed by atoms with Crippen molar-refractivity contribution in [1.29, 1.82) is 0 Å². The number of morpholine rings is 1. The molecule has 0 aromatic heterocycles. The summed E-state index contributed by atoms with van der Waals surface area (Å²) in [6.07, 6.45) is 0.144. The molecule has 1 fully saturated rings. The normalized spacial score (nSPS) is 20.7. The van der Waals surface area contributed by atoms with Crippen LogP contribution in [0.15, 0.2) is 54.6 Å². The molecule has 0 N–H and O–H groups in total. The van der Waals surface area contributed by atoms with Crippen LogP contribution < -0.4 is 4.74 Å². The highest BCUT2D eigenvalue weighted by Gasteiger charge is 2.25. The van der Waals surface area contributed by atoms with Gasteiger partial charge in [-0.1, -0.05) is 42.5 Å². The van der Waals surface area contributed by atoms with Crippen molar-refractivity contribution in [2.24, 2.45) is 0 Å². The second-order valence-electron chi connectivity index (χ2n) is 6.24. The molecule has 1 saturated heterocycles. The fraction of sp³-hybridized carbons (Fsp3) is 0.350. The second kappa shape index (κ2) is 7.49. The molecule has 0 unspecified atom stereocenters. The van der Waals surface area contributed by atoms with Crippen LogP contribution in [-0.2, 0) is 9.53 Å². The Morgan fingerprint density at radius 3 is 2.21 bits per heavy atom. The lowest BCUT2D eigenvalue weighted by Crippen LogP contribution is -2.49. The summed E-state index contributed by atoms with van der Waals surface area (Å²) in [5.74, 6) is 0.710. The molecule has 2 atom stereocenters. The topological polar surface area (TPSA) is 38.8 Å². The number of nitrogens with zero attached hydrogens (tertiary/aromatic N) is 1. The van der Waals surface area contributed by atoms with E-state index in [4.69, 9.17) is 9.47 Å². The lowest BCUT2D eigenvalue weighted by molar-refractivity contribution is -0.145. The van der Waals surface area contributed by atoms with Crippen LogP contribution in [0.25, 0.3) is 11.1 Å². The molecule has 1 heterocycles. The number of rotatable bonds is 4. The van der Waals surface area contributed by atoms with E-state index < -0.39 is 0 Å². The number of carbonyl (C=O) groups is 1. The van der Waals surface area contributed by atoms with Crippen molar-refractivity contribution in [3.63, 3.8) is 0 Å². The van der Waals surface area contributed by atoms with Crippen LogP contribution in [0.1, 0.15) is 13.8 Å². The summed E-state index contributed by atoms with van der Waals surface area (Å²) >= 11 is 0. The first-order chi connectivity index (χ1) is 11.6. The number of amides is 1. The summed E-state index contributed by atoms with van der Waals surface area (Å²) in [6, 6.07) is 18.0. The van der Waals surface area contributed by atoms with Gasteiger partial charge in [-0.05, 0) is 37.1 Å². The Morgan fingerprint density at radius 2 is 1.58 bits per heavy atom. The monoisotopic (exact) mass is 325 g/mol. The van der Waals surface area contributed by atoms with Crippen LogP contribution in [0.2, 0.25) is 0 Å². The summed E-state index contributed by atoms with van der Waals surface area (Å²) in [7, 11) is 0. The van der Waals surface area contributed by atoms with E-state index >= 15 is 0 Å². The molecule has 1 amide bonds. The number of benzene rings is 2. The van der Waals surface area contributed by atoms with Crippen molar-refractivity contribution < 1.29 is 14.3 Å². The summed E-state index contributed by atoms with van der Waals surface area (Å²) in [5, 5.41) is 0. The fourth-order valence-electron chi connectivity index (χ4n) is 2.99. The SMILES string of the molecule is C[C@H]1CN(C(=O)COc2ccc(-c3ccccc3)cc2)C[C@H](C)O1. The molecular weight excluding hydrogens is 302 g/mol. The highest BCUT2D eigenvalue weighted by Crippen LogP contribution is 2.22. The quantitative estimate of drug-likeness (QED) is 0.865. The van der Waals surface area contributed by atoms with E-state index in [9.17, 15) is 4.79 Å². The molecule has 126 valence electrons. The maximum Gasteiger partial charge on any atom is 0.260 e. The molecule has 2 aromatic rings. The average Bonchev–Trinajstić information content (AvgIpc) is 2.60. The molecule has 4 heteroatoms. The van der Waals surface area contributed by atoms with Crippen LogP contribution >= 0.6 is 0 Å². The van der Waals surface area contributed by atoms with Crippen LogP contribution in [0.4, 0.5) is 0 Å². The first kappa shape index (κ1) is 16.5. The standard InChI is InChI=1S/C20H23NO3/c1-15-12-21(13-16(2)24-15)20(22)14-23-19-10-8-18(9-11-19)17-6-4-3-5-7-17/h3-11,15-16H,12-14H2,1-2H3/t15-,16-/m0/s1. The Kier molecular flexibility index (Phi) is 5.16. The van der Waals surface area contributed by atoms with E-state index in [2.05, 4.69) is 12.1 Å². The van der Waals surface area contributed by atoms with Gasteiger partial charge in [-0.2, -0.15) is 0 Å². The number of hydrogen-bond donors (Lipinski definition) is 0. The van der Waals surface area contributed by atoms with Gasteiger partial charge in [-0.15, -0.1) is 0 Å². The van der Waals surface area contributed by atoms with E-state index in [1.165, 1.54) is 0 Å². The maximum absolute atomic E-state index is 12.3. The molecule has 1 aliphatic heterocycles. The Hall–Kier alpha value is -2.33. The molecule has 1 aliphatic rings. The molecule has 0 spiro atoms. The zero-order valence-electron chi connectivity index (χ0n) is 14.1. The molecule has 4 nitrogen and oxygen atoms in total. The predicted octanol–water partition coefficient (Wildman–Crippen LogP) is 3.37. The zero-order valence-corrected chi connectivity index (χ0v) is 14.1. The first-order valence-corrected chi connectivity index (χ1v) is 8.33. The van der Waals surface area contributed by atoms with Gasteiger partial charge >= 0.3 is 0 Å². The Bertz CT molecular complexity index is 659. The van der Waals surface area contributed by atoms with E-state index in [1.807, 2.05) is 61.2 Å². The van der Waals surface area contributed by atoms with E-state index in [0.717, 1.165) is 11.1 Å².